The Morgan fingerprint density at radius 1 is 1.09 bits per heavy atom. The van der Waals surface area contributed by atoms with Crippen molar-refractivity contribution in [2.24, 2.45) is 5.92 Å². The Balaban J connectivity index is 1.37. The lowest BCUT2D eigenvalue weighted by Crippen LogP contribution is -2.29. The molecule has 0 saturated carbocycles. The Morgan fingerprint density at radius 3 is 2.71 bits per heavy atom. The number of pyridine rings is 1. The molecular formula is C26H27FN6O. The summed E-state index contributed by atoms with van der Waals surface area (Å²) in [6.07, 6.45) is 5.48. The third-order valence-corrected chi connectivity index (χ3v) is 6.79. The monoisotopic (exact) mass is 458 g/mol. The molecule has 7 nitrogen and oxygen atoms in total. The molecule has 2 aliphatic rings. The zero-order chi connectivity index (χ0) is 23.4. The van der Waals surface area contributed by atoms with Gasteiger partial charge in [0.2, 0.25) is 0 Å². The first kappa shape index (κ1) is 21.1. The normalized spacial score (nSPS) is 19.1. The van der Waals surface area contributed by atoms with E-state index in [0.717, 1.165) is 52.9 Å². The summed E-state index contributed by atoms with van der Waals surface area (Å²) >= 11 is 0. The first-order valence-corrected chi connectivity index (χ1v) is 11.5. The molecule has 4 aromatic rings. The number of benzene rings is 1. The number of nitrogens with zero attached hydrogens (tertiary/aromatic N) is 6. The summed E-state index contributed by atoms with van der Waals surface area (Å²) in [5.41, 5.74) is 4.92. The molecule has 5 heterocycles. The summed E-state index contributed by atoms with van der Waals surface area (Å²) in [5, 5.41) is 10.6. The standard InChI is InChI=1S/C26H27FN6O/c1-30(2)12-19-14-32(16-24(19)34)25-8-7-22-21(29-25)15-31-13-18(17-3-5-20(27)6-4-17)11-23(31)26-28-9-10-33(22)26/h3-11,13,19,24,34H,12,14-16H2,1-2H3/t19-,24-/m1/s1. The predicted octanol–water partition coefficient (Wildman–Crippen LogP) is 3.26. The number of imidazole rings is 1. The highest BCUT2D eigenvalue weighted by Gasteiger charge is 2.33. The smallest absolute Gasteiger partial charge is 0.161 e. The highest BCUT2D eigenvalue weighted by Crippen LogP contribution is 2.34. The number of β-amino-alcohol motifs (C(OH)–C–C–N with tert-alkyl or cyclic N) is 1. The largest absolute Gasteiger partial charge is 0.391 e. The molecule has 174 valence electrons. The minimum absolute atomic E-state index is 0.199. The minimum atomic E-state index is -0.363. The lowest BCUT2D eigenvalue weighted by Gasteiger charge is -2.20. The van der Waals surface area contributed by atoms with Gasteiger partial charge in [0.1, 0.15) is 11.6 Å². The second-order valence-electron chi connectivity index (χ2n) is 9.50. The quantitative estimate of drug-likeness (QED) is 0.448. The zero-order valence-electron chi connectivity index (χ0n) is 19.3. The second-order valence-corrected chi connectivity index (χ2v) is 9.50. The predicted molar refractivity (Wildman–Crippen MR) is 130 cm³/mol. The van der Waals surface area contributed by atoms with Crippen molar-refractivity contribution >= 4 is 5.82 Å². The Morgan fingerprint density at radius 2 is 1.91 bits per heavy atom. The summed E-state index contributed by atoms with van der Waals surface area (Å²) in [4.78, 5) is 14.0. The zero-order valence-corrected chi connectivity index (χ0v) is 19.3. The van der Waals surface area contributed by atoms with Gasteiger partial charge in [-0.1, -0.05) is 12.1 Å². The number of aromatic nitrogens is 4. The fourth-order valence-corrected chi connectivity index (χ4v) is 5.16. The van der Waals surface area contributed by atoms with Gasteiger partial charge in [0, 0.05) is 49.7 Å². The molecule has 0 radical (unpaired) electrons. The van der Waals surface area contributed by atoms with Crippen LogP contribution in [0.3, 0.4) is 0 Å². The molecule has 1 saturated heterocycles. The maximum Gasteiger partial charge on any atom is 0.161 e. The molecule has 0 bridgehead atoms. The lowest BCUT2D eigenvalue weighted by molar-refractivity contribution is 0.130. The van der Waals surface area contributed by atoms with Gasteiger partial charge in [-0.05, 0) is 50.0 Å². The number of aliphatic hydroxyl groups excluding tert-OH is 1. The van der Waals surface area contributed by atoms with Crippen molar-refractivity contribution in [2.45, 2.75) is 12.6 Å². The van der Waals surface area contributed by atoms with E-state index in [4.69, 9.17) is 4.98 Å². The number of rotatable bonds is 4. The molecule has 0 amide bonds. The molecule has 0 aliphatic carbocycles. The number of halogens is 1. The van der Waals surface area contributed by atoms with E-state index in [9.17, 15) is 9.50 Å². The van der Waals surface area contributed by atoms with Crippen molar-refractivity contribution in [3.8, 4) is 28.3 Å². The first-order valence-electron chi connectivity index (χ1n) is 11.5. The average Bonchev–Trinajstić information content (AvgIpc) is 3.52. The van der Waals surface area contributed by atoms with Crippen molar-refractivity contribution in [1.82, 2.24) is 24.0 Å². The Kier molecular flexibility index (Phi) is 5.00. The van der Waals surface area contributed by atoms with Crippen LogP contribution in [-0.2, 0) is 6.54 Å². The lowest BCUT2D eigenvalue weighted by atomic mass is 10.1. The van der Waals surface area contributed by atoms with Crippen molar-refractivity contribution in [1.29, 1.82) is 0 Å². The number of anilines is 1. The van der Waals surface area contributed by atoms with Gasteiger partial charge in [-0.25, -0.2) is 14.4 Å². The van der Waals surface area contributed by atoms with E-state index in [-0.39, 0.29) is 17.8 Å². The van der Waals surface area contributed by atoms with Crippen LogP contribution >= 0.6 is 0 Å². The van der Waals surface area contributed by atoms with Crippen LogP contribution in [0.1, 0.15) is 5.69 Å². The molecule has 2 atom stereocenters. The van der Waals surface area contributed by atoms with Crippen LogP contribution in [0.4, 0.5) is 10.2 Å². The Bertz CT molecular complexity index is 1340. The topological polar surface area (TPSA) is 62.3 Å². The van der Waals surface area contributed by atoms with Gasteiger partial charge >= 0.3 is 0 Å². The van der Waals surface area contributed by atoms with E-state index in [1.165, 1.54) is 12.1 Å². The summed E-state index contributed by atoms with van der Waals surface area (Å²) in [6, 6.07) is 12.8. The van der Waals surface area contributed by atoms with Crippen molar-refractivity contribution < 1.29 is 9.50 Å². The average molecular weight is 459 g/mol. The van der Waals surface area contributed by atoms with Crippen LogP contribution in [0.5, 0.6) is 0 Å². The van der Waals surface area contributed by atoms with E-state index in [0.29, 0.717) is 13.1 Å². The highest BCUT2D eigenvalue weighted by molar-refractivity contribution is 5.71. The van der Waals surface area contributed by atoms with Crippen LogP contribution in [0.25, 0.3) is 28.3 Å². The van der Waals surface area contributed by atoms with E-state index in [2.05, 4.69) is 42.2 Å². The van der Waals surface area contributed by atoms with Crippen LogP contribution in [0.2, 0.25) is 0 Å². The minimum Gasteiger partial charge on any atom is -0.391 e. The molecule has 1 N–H and O–H groups in total. The van der Waals surface area contributed by atoms with E-state index in [1.54, 1.807) is 18.3 Å². The summed E-state index contributed by atoms with van der Waals surface area (Å²) in [5.74, 6) is 1.69. The number of hydrogen-bond acceptors (Lipinski definition) is 5. The van der Waals surface area contributed by atoms with E-state index in [1.807, 2.05) is 26.4 Å². The molecule has 6 rings (SSSR count). The molecular weight excluding hydrogens is 431 g/mol. The number of fused-ring (bicyclic) bond motifs is 5. The summed E-state index contributed by atoms with van der Waals surface area (Å²) in [6.45, 7) is 2.82. The SMILES string of the molecule is CN(C)C[C@@H]1CN(c2ccc3c(n2)Cn2cc(-c4ccc(F)cc4)cc2-c2nccn2-3)C[C@H]1O. The molecule has 8 heteroatoms. The second kappa shape index (κ2) is 8.07. The molecule has 34 heavy (non-hydrogen) atoms. The van der Waals surface area contributed by atoms with Crippen molar-refractivity contribution in [3.63, 3.8) is 0 Å². The van der Waals surface area contributed by atoms with Crippen molar-refractivity contribution in [3.05, 3.63) is 72.6 Å². The van der Waals surface area contributed by atoms with Gasteiger partial charge in [-0.3, -0.25) is 4.57 Å². The van der Waals surface area contributed by atoms with Gasteiger partial charge in [-0.2, -0.15) is 0 Å². The van der Waals surface area contributed by atoms with Crippen LogP contribution in [-0.4, -0.2) is 68.9 Å². The van der Waals surface area contributed by atoms with Crippen LogP contribution < -0.4 is 4.90 Å². The number of hydrogen-bond donors (Lipinski definition) is 1. The fraction of sp³-hybridized carbons (Fsp3) is 0.308. The third kappa shape index (κ3) is 3.59. The van der Waals surface area contributed by atoms with Crippen LogP contribution in [0, 0.1) is 11.7 Å². The molecule has 1 fully saturated rings. The molecule has 2 aliphatic heterocycles. The molecule has 0 spiro atoms. The van der Waals surface area contributed by atoms with Gasteiger partial charge in [0.05, 0.1) is 29.7 Å². The van der Waals surface area contributed by atoms with Gasteiger partial charge in [0.15, 0.2) is 5.82 Å². The van der Waals surface area contributed by atoms with Crippen LogP contribution in [0.15, 0.2) is 61.1 Å². The molecule has 0 unspecified atom stereocenters. The van der Waals surface area contributed by atoms with Crippen molar-refractivity contribution in [2.75, 3.05) is 38.6 Å². The molecule has 3 aromatic heterocycles. The van der Waals surface area contributed by atoms with Gasteiger partial charge < -0.3 is 19.5 Å². The first-order chi connectivity index (χ1) is 16.5. The maximum atomic E-state index is 13.4. The fourth-order valence-electron chi connectivity index (χ4n) is 5.16. The van der Waals surface area contributed by atoms with Gasteiger partial charge in [0.25, 0.3) is 0 Å². The third-order valence-electron chi connectivity index (χ3n) is 6.79. The molecule has 1 aromatic carbocycles. The Labute approximate surface area is 197 Å². The van der Waals surface area contributed by atoms with Gasteiger partial charge in [-0.15, -0.1) is 0 Å². The van der Waals surface area contributed by atoms with E-state index < -0.39 is 0 Å². The summed E-state index contributed by atoms with van der Waals surface area (Å²) in [7, 11) is 4.07. The summed E-state index contributed by atoms with van der Waals surface area (Å²) < 4.78 is 17.7. The Hall–Kier alpha value is -3.49. The highest BCUT2D eigenvalue weighted by atomic mass is 19.1. The maximum absolute atomic E-state index is 13.4. The van der Waals surface area contributed by atoms with E-state index >= 15 is 0 Å². The number of aliphatic hydroxyl groups is 1.